The topological polar surface area (TPSA) is 44.1 Å². The Morgan fingerprint density at radius 3 is 2.37 bits per heavy atom. The maximum atomic E-state index is 13.9. The molecule has 0 N–H and O–H groups in total. The second-order valence-corrected chi connectivity index (χ2v) is 11.8. The minimum atomic E-state index is -0.214. The Morgan fingerprint density at radius 1 is 1.00 bits per heavy atom. The summed E-state index contributed by atoms with van der Waals surface area (Å²) in [7, 11) is 0. The van der Waals surface area contributed by atoms with Gasteiger partial charge in [-0.2, -0.15) is 5.26 Å². The van der Waals surface area contributed by atoms with Crippen molar-refractivity contribution >= 4 is 17.0 Å². The summed E-state index contributed by atoms with van der Waals surface area (Å²) in [4.78, 5) is 16.5. The predicted molar refractivity (Wildman–Crippen MR) is 142 cm³/mol. The Morgan fingerprint density at radius 2 is 1.71 bits per heavy atom. The number of piperidine rings is 1. The van der Waals surface area contributed by atoms with Gasteiger partial charge in [0.05, 0.1) is 11.6 Å². The van der Waals surface area contributed by atoms with Gasteiger partial charge in [-0.1, -0.05) is 52.5 Å². The number of ketones is 1. The smallest absolute Gasteiger partial charge is 0.193 e. The summed E-state index contributed by atoms with van der Waals surface area (Å²) in [5.41, 5.74) is 9.40. The van der Waals surface area contributed by atoms with Crippen molar-refractivity contribution in [1.29, 1.82) is 5.26 Å². The summed E-state index contributed by atoms with van der Waals surface area (Å²) in [5, 5.41) is 9.37. The van der Waals surface area contributed by atoms with E-state index in [4.69, 9.17) is 0 Å². The lowest BCUT2D eigenvalue weighted by Crippen LogP contribution is -2.36. The van der Waals surface area contributed by atoms with Crippen LogP contribution >= 0.6 is 0 Å². The standard InChI is InChI=1S/C32H36N2O/c1-4-23-16-26-27(18-29(23)34-13-11-21(12-14-34)8-7-20-5-6-20)32(2,3)28-17-24-15-22(19-33)9-10-25(24)30(28)31(26)35/h9-10,15-16,18,20-21H,4-8,11-14,17H2,1-3H3. The zero-order valence-corrected chi connectivity index (χ0v) is 21.4. The molecule has 2 aromatic rings. The maximum absolute atomic E-state index is 13.9. The van der Waals surface area contributed by atoms with Crippen molar-refractivity contribution in [2.75, 3.05) is 18.0 Å². The number of aryl methyl sites for hydroxylation is 1. The lowest BCUT2D eigenvalue weighted by molar-refractivity contribution is 0.105. The summed E-state index contributed by atoms with van der Waals surface area (Å²) in [6.45, 7) is 9.04. The monoisotopic (exact) mass is 464 g/mol. The average Bonchev–Trinajstić information content (AvgIpc) is 3.63. The number of carbonyl (C=O) groups is 1. The molecule has 0 radical (unpaired) electrons. The first kappa shape index (κ1) is 22.6. The molecule has 35 heavy (non-hydrogen) atoms. The van der Waals surface area contributed by atoms with Crippen molar-refractivity contribution < 1.29 is 4.79 Å². The number of benzene rings is 2. The molecule has 0 aromatic heterocycles. The van der Waals surface area contributed by atoms with Gasteiger partial charge in [-0.15, -0.1) is 0 Å². The van der Waals surface area contributed by atoms with Crippen molar-refractivity contribution in [3.8, 4) is 6.07 Å². The van der Waals surface area contributed by atoms with E-state index in [9.17, 15) is 10.1 Å². The highest BCUT2D eigenvalue weighted by Gasteiger charge is 2.43. The number of fused-ring (bicyclic) bond motifs is 3. The van der Waals surface area contributed by atoms with Gasteiger partial charge in [0.2, 0.25) is 0 Å². The summed E-state index contributed by atoms with van der Waals surface area (Å²) < 4.78 is 0. The highest BCUT2D eigenvalue weighted by molar-refractivity contribution is 6.33. The van der Waals surface area contributed by atoms with E-state index in [0.29, 0.717) is 5.56 Å². The predicted octanol–water partition coefficient (Wildman–Crippen LogP) is 7.01. The minimum Gasteiger partial charge on any atom is -0.371 e. The Hall–Kier alpha value is -2.86. The van der Waals surface area contributed by atoms with Crippen molar-refractivity contribution in [3.63, 3.8) is 0 Å². The molecule has 0 amide bonds. The third kappa shape index (κ3) is 3.74. The van der Waals surface area contributed by atoms with Gasteiger partial charge in [-0.3, -0.25) is 4.79 Å². The van der Waals surface area contributed by atoms with Crippen LogP contribution in [0.15, 0.2) is 35.9 Å². The van der Waals surface area contributed by atoms with Crippen LogP contribution in [0.1, 0.15) is 97.5 Å². The van der Waals surface area contributed by atoms with E-state index in [0.717, 1.165) is 60.0 Å². The van der Waals surface area contributed by atoms with E-state index in [2.05, 4.69) is 43.9 Å². The Kier molecular flexibility index (Phi) is 5.40. The summed E-state index contributed by atoms with van der Waals surface area (Å²) in [6, 6.07) is 12.6. The average molecular weight is 465 g/mol. The van der Waals surface area contributed by atoms with Crippen LogP contribution in [-0.4, -0.2) is 18.9 Å². The van der Waals surface area contributed by atoms with Gasteiger partial charge in [0.15, 0.2) is 5.78 Å². The quantitative estimate of drug-likeness (QED) is 0.478. The summed E-state index contributed by atoms with van der Waals surface area (Å²) >= 11 is 0. The van der Waals surface area contributed by atoms with Crippen molar-refractivity contribution in [2.45, 2.75) is 77.6 Å². The van der Waals surface area contributed by atoms with Crippen LogP contribution in [0.25, 0.3) is 5.57 Å². The fourth-order valence-electron chi connectivity index (χ4n) is 6.84. The molecule has 1 heterocycles. The number of rotatable bonds is 5. The van der Waals surface area contributed by atoms with Crippen LogP contribution in [0.2, 0.25) is 0 Å². The molecule has 1 aliphatic heterocycles. The van der Waals surface area contributed by atoms with Crippen molar-refractivity contribution in [1.82, 2.24) is 0 Å². The molecule has 0 spiro atoms. The lowest BCUT2D eigenvalue weighted by atomic mass is 9.68. The largest absolute Gasteiger partial charge is 0.371 e. The van der Waals surface area contributed by atoms with Gasteiger partial charge in [0, 0.05) is 35.3 Å². The molecule has 1 saturated carbocycles. The zero-order valence-electron chi connectivity index (χ0n) is 21.4. The zero-order chi connectivity index (χ0) is 24.3. The second kappa shape index (κ2) is 8.37. The minimum absolute atomic E-state index is 0.165. The first-order valence-corrected chi connectivity index (χ1v) is 13.6. The molecule has 3 heteroatoms. The van der Waals surface area contributed by atoms with Crippen LogP contribution in [-0.2, 0) is 18.3 Å². The van der Waals surface area contributed by atoms with Crippen LogP contribution in [0.3, 0.4) is 0 Å². The van der Waals surface area contributed by atoms with Crippen LogP contribution < -0.4 is 4.90 Å². The van der Waals surface area contributed by atoms with Crippen LogP contribution in [0.4, 0.5) is 5.69 Å². The van der Waals surface area contributed by atoms with Gasteiger partial charge in [0.25, 0.3) is 0 Å². The normalized spacial score (nSPS) is 21.0. The van der Waals surface area contributed by atoms with Crippen LogP contribution in [0, 0.1) is 23.2 Å². The highest BCUT2D eigenvalue weighted by Crippen LogP contribution is 2.51. The maximum Gasteiger partial charge on any atom is 0.193 e. The SMILES string of the molecule is CCc1cc2c(cc1N1CCC(CCC3CC3)CC1)C(C)(C)C1=C(C2=O)c2ccc(C#N)cc2C1. The van der Waals surface area contributed by atoms with Gasteiger partial charge in [0.1, 0.15) is 0 Å². The van der Waals surface area contributed by atoms with Gasteiger partial charge in [-0.25, -0.2) is 0 Å². The first-order chi connectivity index (χ1) is 16.9. The molecule has 1 saturated heterocycles. The molecule has 0 atom stereocenters. The number of hydrogen-bond donors (Lipinski definition) is 0. The fourth-order valence-corrected chi connectivity index (χ4v) is 6.84. The molecule has 4 aliphatic rings. The molecule has 2 fully saturated rings. The number of hydrogen-bond acceptors (Lipinski definition) is 3. The van der Waals surface area contributed by atoms with Crippen molar-refractivity contribution in [3.05, 3.63) is 69.3 Å². The third-order valence-corrected chi connectivity index (χ3v) is 9.31. The number of anilines is 1. The number of carbonyl (C=O) groups excluding carboxylic acids is 1. The molecular weight excluding hydrogens is 428 g/mol. The second-order valence-electron chi connectivity index (χ2n) is 11.8. The molecule has 0 unspecified atom stereocenters. The number of allylic oxidation sites excluding steroid dienone is 2. The molecule has 3 aliphatic carbocycles. The van der Waals surface area contributed by atoms with Crippen molar-refractivity contribution in [2.24, 2.45) is 11.8 Å². The molecule has 0 bridgehead atoms. The number of nitrogens with zero attached hydrogens (tertiary/aromatic N) is 2. The summed E-state index contributed by atoms with van der Waals surface area (Å²) in [5.74, 6) is 2.08. The van der Waals surface area contributed by atoms with Gasteiger partial charge >= 0.3 is 0 Å². The van der Waals surface area contributed by atoms with E-state index in [1.165, 1.54) is 60.9 Å². The summed E-state index contributed by atoms with van der Waals surface area (Å²) in [6.07, 6.45) is 10.1. The van der Waals surface area contributed by atoms with E-state index >= 15 is 0 Å². The Labute approximate surface area is 209 Å². The van der Waals surface area contributed by atoms with E-state index in [1.807, 2.05) is 18.2 Å². The number of Topliss-reactive ketones (excluding diaryl/α,β-unsaturated/α-hetero) is 1. The van der Waals surface area contributed by atoms with E-state index in [-0.39, 0.29) is 11.2 Å². The highest BCUT2D eigenvalue weighted by atomic mass is 16.1. The molecule has 180 valence electrons. The van der Waals surface area contributed by atoms with Crippen LogP contribution in [0.5, 0.6) is 0 Å². The Balaban J connectivity index is 1.32. The first-order valence-electron chi connectivity index (χ1n) is 13.6. The van der Waals surface area contributed by atoms with Gasteiger partial charge < -0.3 is 4.90 Å². The number of nitriles is 1. The molecule has 3 nitrogen and oxygen atoms in total. The fraction of sp³-hybridized carbons (Fsp3) is 0.500. The molecule has 2 aromatic carbocycles. The molecular formula is C32H36N2O. The van der Waals surface area contributed by atoms with E-state index in [1.54, 1.807) is 0 Å². The van der Waals surface area contributed by atoms with Gasteiger partial charge in [-0.05, 0) is 89.6 Å². The molecule has 6 rings (SSSR count). The Bertz CT molecular complexity index is 1280. The van der Waals surface area contributed by atoms with E-state index < -0.39 is 0 Å². The lowest BCUT2D eigenvalue weighted by Gasteiger charge is -2.39. The third-order valence-electron chi connectivity index (χ3n) is 9.31.